The second-order valence-corrected chi connectivity index (χ2v) is 6.46. The van der Waals surface area contributed by atoms with Crippen molar-refractivity contribution in [3.63, 3.8) is 0 Å². The first-order chi connectivity index (χ1) is 12.8. The first kappa shape index (κ1) is 14.9. The number of hydrogen-bond donors (Lipinski definition) is 3. The van der Waals surface area contributed by atoms with E-state index >= 15 is 0 Å². The summed E-state index contributed by atoms with van der Waals surface area (Å²) >= 11 is 0. The topological polar surface area (TPSA) is 95.8 Å². The maximum atomic E-state index is 4.50. The zero-order valence-electron chi connectivity index (χ0n) is 14.1. The van der Waals surface area contributed by atoms with Crippen molar-refractivity contribution in [1.29, 1.82) is 0 Å². The summed E-state index contributed by atoms with van der Waals surface area (Å²) in [6.07, 6.45) is 9.97. The fourth-order valence-corrected chi connectivity index (χ4v) is 2.90. The van der Waals surface area contributed by atoms with E-state index in [-0.39, 0.29) is 0 Å². The number of imidazole rings is 1. The first-order valence-corrected chi connectivity index (χ1v) is 8.64. The number of fused-ring (bicyclic) bond motifs is 1. The Bertz CT molecular complexity index is 1050. The molecule has 0 radical (unpaired) electrons. The standard InChI is InChI=1S/C18H18N8/c1-4-17-19-7-8-26(17)11-12(1)10-21-18-20-6-5-15(23-18)22-16-9-14(24-25-16)13-2-3-13/h1,4-9,11,13H,2-3,10H2,(H3,20,21,22,23,24,25). The zero-order valence-corrected chi connectivity index (χ0v) is 14.1. The predicted octanol–water partition coefficient (Wildman–Crippen LogP) is 3.08. The number of nitrogens with one attached hydrogen (secondary N) is 3. The zero-order chi connectivity index (χ0) is 17.3. The van der Waals surface area contributed by atoms with Gasteiger partial charge in [0, 0.05) is 49.0 Å². The Morgan fingerprint density at radius 1 is 1.12 bits per heavy atom. The van der Waals surface area contributed by atoms with Crippen LogP contribution in [0.3, 0.4) is 0 Å². The Morgan fingerprint density at radius 2 is 2.08 bits per heavy atom. The van der Waals surface area contributed by atoms with Crippen molar-refractivity contribution < 1.29 is 0 Å². The minimum atomic E-state index is 0.568. The highest BCUT2D eigenvalue weighted by Gasteiger charge is 2.25. The van der Waals surface area contributed by atoms with Crippen LogP contribution in [0.15, 0.2) is 49.1 Å². The van der Waals surface area contributed by atoms with Crippen molar-refractivity contribution in [2.24, 2.45) is 0 Å². The molecule has 0 amide bonds. The molecule has 8 nitrogen and oxygen atoms in total. The lowest BCUT2D eigenvalue weighted by Gasteiger charge is -2.07. The van der Waals surface area contributed by atoms with Crippen LogP contribution in [-0.2, 0) is 6.54 Å². The molecule has 4 heterocycles. The number of nitrogens with zero attached hydrogens (tertiary/aromatic N) is 5. The fourth-order valence-electron chi connectivity index (χ4n) is 2.90. The summed E-state index contributed by atoms with van der Waals surface area (Å²) in [6, 6.07) is 7.91. The van der Waals surface area contributed by atoms with Crippen LogP contribution >= 0.6 is 0 Å². The Kier molecular flexibility index (Phi) is 3.52. The summed E-state index contributed by atoms with van der Waals surface area (Å²) in [5, 5.41) is 13.9. The van der Waals surface area contributed by atoms with Gasteiger partial charge in [-0.3, -0.25) is 5.10 Å². The van der Waals surface area contributed by atoms with Crippen molar-refractivity contribution >= 4 is 23.2 Å². The largest absolute Gasteiger partial charge is 0.350 e. The molecule has 5 rings (SSSR count). The lowest BCUT2D eigenvalue weighted by molar-refractivity contribution is 0.966. The normalized spacial score (nSPS) is 13.8. The van der Waals surface area contributed by atoms with Gasteiger partial charge in [0.25, 0.3) is 0 Å². The fraction of sp³-hybridized carbons (Fsp3) is 0.222. The second-order valence-electron chi connectivity index (χ2n) is 6.46. The van der Waals surface area contributed by atoms with Crippen LogP contribution in [0.2, 0.25) is 0 Å². The van der Waals surface area contributed by atoms with E-state index in [1.165, 1.54) is 18.5 Å². The Balaban J connectivity index is 1.26. The van der Waals surface area contributed by atoms with Crippen LogP contribution in [0.5, 0.6) is 0 Å². The average Bonchev–Trinajstić information content (AvgIpc) is 3.23. The van der Waals surface area contributed by atoms with E-state index in [9.17, 15) is 0 Å². The summed E-state index contributed by atoms with van der Waals surface area (Å²) in [5.74, 6) is 2.70. The van der Waals surface area contributed by atoms with Gasteiger partial charge in [-0.15, -0.1) is 0 Å². The molecular weight excluding hydrogens is 328 g/mol. The quantitative estimate of drug-likeness (QED) is 0.496. The molecule has 0 aromatic carbocycles. The molecule has 0 saturated heterocycles. The summed E-state index contributed by atoms with van der Waals surface area (Å²) in [4.78, 5) is 13.0. The molecule has 0 spiro atoms. The Hall–Kier alpha value is -3.42. The van der Waals surface area contributed by atoms with Crippen LogP contribution in [0.25, 0.3) is 5.65 Å². The SMILES string of the molecule is c1cc(Nc2cc(C3CC3)[nH]n2)nc(NCc2ccc3nccn3c2)n1. The molecule has 1 fully saturated rings. The van der Waals surface area contributed by atoms with Crippen LogP contribution < -0.4 is 10.6 Å². The number of aromatic nitrogens is 6. The average molecular weight is 346 g/mol. The van der Waals surface area contributed by atoms with Gasteiger partial charge in [0.2, 0.25) is 5.95 Å². The molecule has 0 bridgehead atoms. The summed E-state index contributed by atoms with van der Waals surface area (Å²) in [6.45, 7) is 0.631. The molecule has 4 aromatic heterocycles. The molecule has 0 unspecified atom stereocenters. The van der Waals surface area contributed by atoms with Crippen molar-refractivity contribution in [1.82, 2.24) is 29.5 Å². The Labute approximate surface area is 149 Å². The van der Waals surface area contributed by atoms with Gasteiger partial charge in [-0.2, -0.15) is 10.1 Å². The molecule has 1 aliphatic rings. The lowest BCUT2D eigenvalue weighted by Crippen LogP contribution is -2.05. The van der Waals surface area contributed by atoms with Crippen LogP contribution in [0.4, 0.5) is 17.6 Å². The van der Waals surface area contributed by atoms with E-state index in [1.807, 2.05) is 41.1 Å². The van der Waals surface area contributed by atoms with Crippen molar-refractivity contribution in [2.45, 2.75) is 25.3 Å². The Morgan fingerprint density at radius 3 is 3.00 bits per heavy atom. The molecule has 8 heteroatoms. The van der Waals surface area contributed by atoms with Gasteiger partial charge >= 0.3 is 0 Å². The molecule has 1 aliphatic carbocycles. The molecule has 130 valence electrons. The van der Waals surface area contributed by atoms with Gasteiger partial charge in [0.05, 0.1) is 0 Å². The molecule has 1 saturated carbocycles. The first-order valence-electron chi connectivity index (χ1n) is 8.64. The molecule has 26 heavy (non-hydrogen) atoms. The smallest absolute Gasteiger partial charge is 0.224 e. The van der Waals surface area contributed by atoms with Gasteiger partial charge in [0.1, 0.15) is 11.5 Å². The van der Waals surface area contributed by atoms with E-state index < -0.39 is 0 Å². The molecule has 4 aromatic rings. The molecular formula is C18H18N8. The van der Waals surface area contributed by atoms with Crippen LogP contribution in [-0.4, -0.2) is 29.5 Å². The van der Waals surface area contributed by atoms with Gasteiger partial charge in [-0.05, 0) is 30.5 Å². The maximum Gasteiger partial charge on any atom is 0.224 e. The molecule has 3 N–H and O–H groups in total. The van der Waals surface area contributed by atoms with Gasteiger partial charge in [0.15, 0.2) is 5.82 Å². The predicted molar refractivity (Wildman–Crippen MR) is 98.4 cm³/mol. The number of rotatable bonds is 6. The summed E-state index contributed by atoms with van der Waals surface area (Å²) in [7, 11) is 0. The van der Waals surface area contributed by atoms with Gasteiger partial charge < -0.3 is 15.0 Å². The maximum absolute atomic E-state index is 4.50. The number of hydrogen-bond acceptors (Lipinski definition) is 6. The number of aromatic amines is 1. The number of anilines is 3. The minimum Gasteiger partial charge on any atom is -0.350 e. The van der Waals surface area contributed by atoms with E-state index in [2.05, 4.69) is 35.8 Å². The summed E-state index contributed by atoms with van der Waals surface area (Å²) < 4.78 is 1.99. The lowest BCUT2D eigenvalue weighted by atomic mass is 10.3. The highest BCUT2D eigenvalue weighted by molar-refractivity contribution is 5.53. The third kappa shape index (κ3) is 3.08. The monoisotopic (exact) mass is 346 g/mol. The molecule has 0 aliphatic heterocycles. The van der Waals surface area contributed by atoms with E-state index in [0.717, 1.165) is 17.0 Å². The van der Waals surface area contributed by atoms with Gasteiger partial charge in [-0.1, -0.05) is 6.07 Å². The van der Waals surface area contributed by atoms with E-state index in [4.69, 9.17) is 0 Å². The van der Waals surface area contributed by atoms with Crippen molar-refractivity contribution in [3.05, 3.63) is 60.3 Å². The third-order valence-electron chi connectivity index (χ3n) is 4.43. The summed E-state index contributed by atoms with van der Waals surface area (Å²) in [5.41, 5.74) is 3.24. The van der Waals surface area contributed by atoms with Crippen molar-refractivity contribution in [2.75, 3.05) is 10.6 Å². The minimum absolute atomic E-state index is 0.568. The number of pyridine rings is 1. The van der Waals surface area contributed by atoms with E-state index in [0.29, 0.717) is 24.2 Å². The molecule has 0 atom stereocenters. The van der Waals surface area contributed by atoms with Crippen molar-refractivity contribution in [3.8, 4) is 0 Å². The van der Waals surface area contributed by atoms with E-state index in [1.54, 1.807) is 12.4 Å². The second kappa shape index (κ2) is 6.14. The van der Waals surface area contributed by atoms with Crippen LogP contribution in [0, 0.1) is 0 Å². The van der Waals surface area contributed by atoms with Gasteiger partial charge in [-0.25, -0.2) is 9.97 Å². The highest BCUT2D eigenvalue weighted by Crippen LogP contribution is 2.39. The van der Waals surface area contributed by atoms with Crippen LogP contribution in [0.1, 0.15) is 30.0 Å². The third-order valence-corrected chi connectivity index (χ3v) is 4.43. The highest BCUT2D eigenvalue weighted by atomic mass is 15.2. The number of H-pyrrole nitrogens is 1.